The van der Waals surface area contributed by atoms with Gasteiger partial charge in [0.2, 0.25) is 0 Å². The fourth-order valence-corrected chi connectivity index (χ4v) is 3.08. The van der Waals surface area contributed by atoms with Crippen LogP contribution in [0.1, 0.15) is 24.0 Å². The van der Waals surface area contributed by atoms with Crippen LogP contribution < -0.4 is 0 Å². The van der Waals surface area contributed by atoms with Gasteiger partial charge >= 0.3 is 0 Å². The van der Waals surface area contributed by atoms with Crippen LogP contribution in [-0.2, 0) is 12.1 Å². The molecule has 20 heavy (non-hydrogen) atoms. The van der Waals surface area contributed by atoms with Crippen LogP contribution in [0, 0.1) is 0 Å². The molecular weight excluding hydrogens is 246 g/mol. The van der Waals surface area contributed by atoms with Crippen LogP contribution in [0.4, 0.5) is 0 Å². The minimum atomic E-state index is -0.700. The molecule has 0 saturated carbocycles. The van der Waals surface area contributed by atoms with E-state index in [-0.39, 0.29) is 0 Å². The molecule has 0 unspecified atom stereocenters. The molecule has 1 saturated heterocycles. The van der Waals surface area contributed by atoms with Crippen LogP contribution in [0.2, 0.25) is 0 Å². The number of nitrogens with zero attached hydrogens (tertiary/aromatic N) is 1. The number of β-amino-alcohol motifs (C(OH)–C–C–N with tert-alkyl or cyclic N) is 1. The topological polar surface area (TPSA) is 23.5 Å². The van der Waals surface area contributed by atoms with E-state index in [0.29, 0.717) is 6.54 Å². The molecule has 3 rings (SSSR count). The summed E-state index contributed by atoms with van der Waals surface area (Å²) in [6, 6.07) is 20.6. The number of hydrogen-bond acceptors (Lipinski definition) is 2. The summed E-state index contributed by atoms with van der Waals surface area (Å²) in [5.41, 5.74) is 1.65. The molecule has 2 aromatic carbocycles. The van der Waals surface area contributed by atoms with Gasteiger partial charge in [-0.1, -0.05) is 60.7 Å². The third-order valence-corrected chi connectivity index (χ3v) is 4.11. The van der Waals surface area contributed by atoms with Gasteiger partial charge in [0, 0.05) is 13.1 Å². The van der Waals surface area contributed by atoms with Crippen LogP contribution in [0.25, 0.3) is 0 Å². The molecule has 2 heteroatoms. The smallest absolute Gasteiger partial charge is 0.102 e. The van der Waals surface area contributed by atoms with Crippen molar-refractivity contribution < 1.29 is 5.11 Å². The summed E-state index contributed by atoms with van der Waals surface area (Å²) >= 11 is 0. The molecular formula is C18H21NO. The van der Waals surface area contributed by atoms with Gasteiger partial charge in [-0.25, -0.2) is 0 Å². The second kappa shape index (κ2) is 5.78. The monoisotopic (exact) mass is 267 g/mol. The maximum Gasteiger partial charge on any atom is 0.102 e. The Balaban J connectivity index is 1.73. The first kappa shape index (κ1) is 13.3. The van der Waals surface area contributed by atoms with Gasteiger partial charge in [-0.3, -0.25) is 4.90 Å². The second-order valence-electron chi connectivity index (χ2n) is 5.70. The molecule has 1 aliphatic rings. The zero-order valence-electron chi connectivity index (χ0n) is 11.7. The van der Waals surface area contributed by atoms with Crippen LogP contribution in [0.3, 0.4) is 0 Å². The second-order valence-corrected chi connectivity index (χ2v) is 5.70. The Kier molecular flexibility index (Phi) is 3.86. The van der Waals surface area contributed by atoms with E-state index in [0.717, 1.165) is 31.5 Å². The molecule has 0 radical (unpaired) electrons. The number of benzene rings is 2. The van der Waals surface area contributed by atoms with E-state index in [1.165, 1.54) is 5.56 Å². The fraction of sp³-hybridized carbons (Fsp3) is 0.333. The summed E-state index contributed by atoms with van der Waals surface area (Å²) in [6.45, 7) is 2.69. The highest BCUT2D eigenvalue weighted by atomic mass is 16.3. The number of hydrogen-bond donors (Lipinski definition) is 1. The van der Waals surface area contributed by atoms with Gasteiger partial charge in [0.25, 0.3) is 0 Å². The van der Waals surface area contributed by atoms with Crippen molar-refractivity contribution in [1.29, 1.82) is 0 Å². The Morgan fingerprint density at radius 3 is 2.30 bits per heavy atom. The molecule has 2 aromatic rings. The number of rotatable bonds is 3. The fourth-order valence-electron chi connectivity index (χ4n) is 3.08. The summed E-state index contributed by atoms with van der Waals surface area (Å²) in [5, 5.41) is 10.9. The van der Waals surface area contributed by atoms with Gasteiger partial charge in [-0.2, -0.15) is 0 Å². The maximum atomic E-state index is 10.9. The highest BCUT2D eigenvalue weighted by Crippen LogP contribution is 2.31. The van der Waals surface area contributed by atoms with E-state index in [4.69, 9.17) is 0 Å². The molecule has 0 bridgehead atoms. The molecule has 1 N–H and O–H groups in total. The standard InChI is InChI=1S/C18H21NO/c20-18(17-10-5-2-6-11-17)12-7-13-19(15-18)14-16-8-3-1-4-9-16/h1-6,8-11,20H,7,12-15H2/t18-/m1/s1. The van der Waals surface area contributed by atoms with Crippen molar-refractivity contribution in [2.45, 2.75) is 25.0 Å². The predicted molar refractivity (Wildman–Crippen MR) is 81.3 cm³/mol. The summed E-state index contributed by atoms with van der Waals surface area (Å²) in [4.78, 5) is 2.35. The van der Waals surface area contributed by atoms with Crippen molar-refractivity contribution in [2.24, 2.45) is 0 Å². The van der Waals surface area contributed by atoms with E-state index in [1.807, 2.05) is 36.4 Å². The normalized spacial score (nSPS) is 23.6. The molecule has 2 nitrogen and oxygen atoms in total. The predicted octanol–water partition coefficient (Wildman–Crippen LogP) is 3.17. The van der Waals surface area contributed by atoms with Crippen molar-refractivity contribution in [1.82, 2.24) is 4.90 Å². The first-order valence-electron chi connectivity index (χ1n) is 7.30. The zero-order chi connectivity index (χ0) is 13.8. The Hall–Kier alpha value is -1.64. The van der Waals surface area contributed by atoms with Crippen LogP contribution in [0.5, 0.6) is 0 Å². The Labute approximate surface area is 120 Å². The molecule has 0 spiro atoms. The summed E-state index contributed by atoms with van der Waals surface area (Å²) in [7, 11) is 0. The highest BCUT2D eigenvalue weighted by Gasteiger charge is 2.34. The van der Waals surface area contributed by atoms with Gasteiger partial charge in [-0.05, 0) is 30.5 Å². The van der Waals surface area contributed by atoms with Gasteiger partial charge < -0.3 is 5.11 Å². The zero-order valence-corrected chi connectivity index (χ0v) is 11.7. The van der Waals surface area contributed by atoms with Crippen molar-refractivity contribution in [3.8, 4) is 0 Å². The molecule has 1 fully saturated rings. The van der Waals surface area contributed by atoms with Crippen LogP contribution in [0.15, 0.2) is 60.7 Å². The molecule has 1 aliphatic heterocycles. The lowest BCUT2D eigenvalue weighted by atomic mass is 9.85. The minimum absolute atomic E-state index is 0.700. The van der Waals surface area contributed by atoms with Gasteiger partial charge in [0.15, 0.2) is 0 Å². The lowest BCUT2D eigenvalue weighted by Crippen LogP contribution is -2.45. The molecule has 0 aliphatic carbocycles. The summed E-state index contributed by atoms with van der Waals surface area (Å²) in [6.07, 6.45) is 1.89. The van der Waals surface area contributed by atoms with E-state index in [1.54, 1.807) is 0 Å². The third-order valence-electron chi connectivity index (χ3n) is 4.11. The molecule has 0 amide bonds. The maximum absolute atomic E-state index is 10.9. The minimum Gasteiger partial charge on any atom is -0.384 e. The lowest BCUT2D eigenvalue weighted by molar-refractivity contribution is -0.0381. The SMILES string of the molecule is O[C@]1(c2ccccc2)CCCN(Cc2ccccc2)C1. The first-order chi connectivity index (χ1) is 9.76. The van der Waals surface area contributed by atoms with Gasteiger partial charge in [0.05, 0.1) is 0 Å². The Bertz CT molecular complexity index is 540. The first-order valence-corrected chi connectivity index (χ1v) is 7.30. The van der Waals surface area contributed by atoms with E-state index >= 15 is 0 Å². The molecule has 0 aromatic heterocycles. The van der Waals surface area contributed by atoms with Crippen LogP contribution in [-0.4, -0.2) is 23.1 Å². The summed E-state index contributed by atoms with van der Waals surface area (Å²) in [5.74, 6) is 0. The van der Waals surface area contributed by atoms with E-state index < -0.39 is 5.60 Å². The molecule has 1 atom stereocenters. The van der Waals surface area contributed by atoms with E-state index in [9.17, 15) is 5.11 Å². The largest absolute Gasteiger partial charge is 0.384 e. The number of aliphatic hydroxyl groups is 1. The lowest BCUT2D eigenvalue weighted by Gasteiger charge is -2.39. The Morgan fingerprint density at radius 1 is 0.950 bits per heavy atom. The quantitative estimate of drug-likeness (QED) is 0.923. The van der Waals surface area contributed by atoms with Crippen molar-refractivity contribution in [3.63, 3.8) is 0 Å². The van der Waals surface area contributed by atoms with E-state index in [2.05, 4.69) is 29.2 Å². The van der Waals surface area contributed by atoms with Gasteiger partial charge in [-0.15, -0.1) is 0 Å². The molecule has 1 heterocycles. The van der Waals surface area contributed by atoms with Crippen molar-refractivity contribution in [3.05, 3.63) is 71.8 Å². The highest BCUT2D eigenvalue weighted by molar-refractivity contribution is 5.23. The molecule has 104 valence electrons. The number of likely N-dealkylation sites (tertiary alicyclic amines) is 1. The van der Waals surface area contributed by atoms with Crippen LogP contribution >= 0.6 is 0 Å². The van der Waals surface area contributed by atoms with Crippen molar-refractivity contribution in [2.75, 3.05) is 13.1 Å². The number of piperidine rings is 1. The Morgan fingerprint density at radius 2 is 1.60 bits per heavy atom. The van der Waals surface area contributed by atoms with Crippen molar-refractivity contribution >= 4 is 0 Å². The average Bonchev–Trinajstić information content (AvgIpc) is 2.49. The average molecular weight is 267 g/mol. The third kappa shape index (κ3) is 2.92. The summed E-state index contributed by atoms with van der Waals surface area (Å²) < 4.78 is 0. The van der Waals surface area contributed by atoms with Gasteiger partial charge in [0.1, 0.15) is 5.60 Å².